The van der Waals surface area contributed by atoms with Gasteiger partial charge in [0, 0.05) is 11.1 Å². The molecular weight excluding hydrogens is 544 g/mol. The summed E-state index contributed by atoms with van der Waals surface area (Å²) in [6.45, 7) is 0. The van der Waals surface area contributed by atoms with Crippen LogP contribution in [0.4, 0.5) is 13.9 Å². The Morgan fingerprint density at radius 2 is 1.77 bits per heavy atom. The van der Waals surface area contributed by atoms with E-state index in [9.17, 15) is 23.5 Å². The number of hydrogen-bond acceptors (Lipinski definition) is 8. The summed E-state index contributed by atoms with van der Waals surface area (Å²) in [4.78, 5) is 28.2. The van der Waals surface area contributed by atoms with Gasteiger partial charge in [-0.15, -0.1) is 10.2 Å². The summed E-state index contributed by atoms with van der Waals surface area (Å²) >= 11 is 2.29. The highest BCUT2D eigenvalue weighted by molar-refractivity contribution is 8.00. The predicted molar refractivity (Wildman–Crippen MR) is 143 cm³/mol. The van der Waals surface area contributed by atoms with E-state index in [1.807, 2.05) is 0 Å². The number of thioether (sulfide) groups is 1. The van der Waals surface area contributed by atoms with Crippen molar-refractivity contribution in [1.82, 2.24) is 10.2 Å². The molecule has 2 aromatic heterocycles. The van der Waals surface area contributed by atoms with Gasteiger partial charge in [-0.2, -0.15) is 0 Å². The molecule has 3 aromatic carbocycles. The second-order valence-electron chi connectivity index (χ2n) is 8.60. The van der Waals surface area contributed by atoms with Crippen molar-refractivity contribution in [3.05, 3.63) is 119 Å². The zero-order valence-corrected chi connectivity index (χ0v) is 21.5. The molecule has 39 heavy (non-hydrogen) atoms. The minimum atomic E-state index is -1.11. The number of nitrogens with zero attached hydrogens (tertiary/aromatic N) is 3. The van der Waals surface area contributed by atoms with Crippen molar-refractivity contribution in [2.45, 2.75) is 16.1 Å². The zero-order valence-electron chi connectivity index (χ0n) is 19.9. The standard InChI is InChI=1S/C28H17F2N3O4S2/c29-18-11-9-15(10-12-18)23-22(24(34)21-13-16-5-2-4-8-20(16)37-21)25(35)26(36)33(23)27-31-32-28(39-27)38-14-17-6-1-3-7-19(17)30/h1-13,23,35H,14H2. The van der Waals surface area contributed by atoms with Crippen molar-refractivity contribution in [3.63, 3.8) is 0 Å². The summed E-state index contributed by atoms with van der Waals surface area (Å²) in [5.41, 5.74) is 1.12. The molecule has 0 radical (unpaired) electrons. The van der Waals surface area contributed by atoms with Gasteiger partial charge in [-0.3, -0.25) is 14.5 Å². The third kappa shape index (κ3) is 4.59. The summed E-state index contributed by atoms with van der Waals surface area (Å²) in [5.74, 6) is -2.92. The molecule has 0 aliphatic carbocycles. The van der Waals surface area contributed by atoms with Crippen molar-refractivity contribution >= 4 is 50.9 Å². The first-order chi connectivity index (χ1) is 18.9. The number of anilines is 1. The number of carbonyl (C=O) groups is 2. The second kappa shape index (κ2) is 10.1. The van der Waals surface area contributed by atoms with Crippen LogP contribution in [0, 0.1) is 11.6 Å². The van der Waals surface area contributed by atoms with Gasteiger partial charge in [0.05, 0.1) is 11.6 Å². The molecule has 5 aromatic rings. The summed E-state index contributed by atoms with van der Waals surface area (Å²) in [6, 6.07) is 19.1. The van der Waals surface area contributed by atoms with Gasteiger partial charge in [-0.1, -0.05) is 71.6 Å². The summed E-state index contributed by atoms with van der Waals surface area (Å²) in [7, 11) is 0. The van der Waals surface area contributed by atoms with Gasteiger partial charge < -0.3 is 9.52 Å². The number of aliphatic hydroxyl groups is 1. The van der Waals surface area contributed by atoms with E-state index in [0.29, 0.717) is 26.4 Å². The van der Waals surface area contributed by atoms with Crippen molar-refractivity contribution in [3.8, 4) is 0 Å². The molecule has 11 heteroatoms. The number of halogens is 2. The fraction of sp³-hybridized carbons (Fsp3) is 0.0714. The smallest absolute Gasteiger partial charge is 0.296 e. The Balaban J connectivity index is 1.36. The molecular formula is C28H17F2N3O4S2. The quantitative estimate of drug-likeness (QED) is 0.135. The molecule has 1 amide bonds. The van der Waals surface area contributed by atoms with E-state index in [4.69, 9.17) is 4.42 Å². The van der Waals surface area contributed by atoms with Crippen LogP contribution in [0.3, 0.4) is 0 Å². The van der Waals surface area contributed by atoms with Crippen LogP contribution in [0.1, 0.15) is 27.7 Å². The van der Waals surface area contributed by atoms with Gasteiger partial charge in [0.15, 0.2) is 15.9 Å². The second-order valence-corrected chi connectivity index (χ2v) is 10.8. The first-order valence-electron chi connectivity index (χ1n) is 11.7. The summed E-state index contributed by atoms with van der Waals surface area (Å²) in [6.07, 6.45) is 0. The number of aliphatic hydroxyl groups excluding tert-OH is 1. The van der Waals surface area contributed by atoms with Crippen molar-refractivity contribution in [1.29, 1.82) is 0 Å². The van der Waals surface area contributed by atoms with Crippen LogP contribution in [-0.4, -0.2) is 27.0 Å². The number of furan rings is 1. The van der Waals surface area contributed by atoms with Crippen LogP contribution in [0.2, 0.25) is 0 Å². The van der Waals surface area contributed by atoms with Gasteiger partial charge in [0.25, 0.3) is 5.91 Å². The number of rotatable bonds is 7. The number of aromatic nitrogens is 2. The monoisotopic (exact) mass is 561 g/mol. The molecule has 1 aliphatic rings. The molecule has 3 heterocycles. The molecule has 0 bridgehead atoms. The Morgan fingerprint density at radius 1 is 1.03 bits per heavy atom. The number of para-hydroxylation sites is 1. The minimum absolute atomic E-state index is 0.0575. The number of hydrogen-bond donors (Lipinski definition) is 1. The van der Waals surface area contributed by atoms with Crippen molar-refractivity contribution < 1.29 is 27.9 Å². The van der Waals surface area contributed by atoms with E-state index in [1.165, 1.54) is 48.2 Å². The first-order valence-corrected chi connectivity index (χ1v) is 13.5. The molecule has 1 aliphatic heterocycles. The first kappa shape index (κ1) is 25.0. The number of Topliss-reactive ketones (excluding diaryl/α,β-unsaturated/α-hetero) is 1. The van der Waals surface area contributed by atoms with Gasteiger partial charge in [0.2, 0.25) is 10.9 Å². The maximum absolute atomic E-state index is 14.0. The third-order valence-corrected chi connectivity index (χ3v) is 8.30. The van der Waals surface area contributed by atoms with Crippen LogP contribution in [-0.2, 0) is 10.5 Å². The molecule has 1 atom stereocenters. The average Bonchev–Trinajstić information content (AvgIpc) is 3.65. The topological polar surface area (TPSA) is 96.5 Å². The number of carbonyl (C=O) groups excluding carboxylic acids is 2. The number of ketones is 1. The fourth-order valence-electron chi connectivity index (χ4n) is 4.33. The SMILES string of the molecule is O=C(C1=C(O)C(=O)N(c2nnc(SCc3ccccc3F)s2)C1c1ccc(F)cc1)c1cc2ccccc2o1. The molecule has 1 N–H and O–H groups in total. The number of amides is 1. The molecule has 7 nitrogen and oxygen atoms in total. The average molecular weight is 562 g/mol. The fourth-order valence-corrected chi connectivity index (χ4v) is 6.19. The van der Waals surface area contributed by atoms with Crippen LogP contribution in [0.25, 0.3) is 11.0 Å². The highest BCUT2D eigenvalue weighted by Crippen LogP contribution is 2.44. The lowest BCUT2D eigenvalue weighted by molar-refractivity contribution is -0.117. The Hall–Kier alpha value is -4.35. The van der Waals surface area contributed by atoms with Crippen LogP contribution in [0.15, 0.2) is 99.0 Å². The molecule has 6 rings (SSSR count). The van der Waals surface area contributed by atoms with E-state index in [0.717, 1.165) is 16.2 Å². The van der Waals surface area contributed by atoms with Crippen LogP contribution < -0.4 is 4.90 Å². The van der Waals surface area contributed by atoms with Gasteiger partial charge in [-0.25, -0.2) is 8.78 Å². The summed E-state index contributed by atoms with van der Waals surface area (Å²) in [5, 5.41) is 20.0. The van der Waals surface area contributed by atoms with Crippen molar-refractivity contribution in [2.24, 2.45) is 0 Å². The van der Waals surface area contributed by atoms with Gasteiger partial charge in [-0.05, 0) is 41.5 Å². The molecule has 0 fully saturated rings. The third-order valence-electron chi connectivity index (χ3n) is 6.20. The van der Waals surface area contributed by atoms with E-state index < -0.39 is 29.3 Å². The van der Waals surface area contributed by atoms with E-state index in [-0.39, 0.29) is 28.0 Å². The highest BCUT2D eigenvalue weighted by Gasteiger charge is 2.46. The van der Waals surface area contributed by atoms with Crippen LogP contribution in [0.5, 0.6) is 0 Å². The molecule has 1 unspecified atom stereocenters. The van der Waals surface area contributed by atoms with Gasteiger partial charge in [0.1, 0.15) is 17.2 Å². The zero-order chi connectivity index (χ0) is 27.1. The normalized spacial score (nSPS) is 15.5. The highest BCUT2D eigenvalue weighted by atomic mass is 32.2. The molecule has 0 saturated heterocycles. The molecule has 194 valence electrons. The van der Waals surface area contributed by atoms with E-state index in [1.54, 1.807) is 42.5 Å². The Morgan fingerprint density at radius 3 is 2.54 bits per heavy atom. The van der Waals surface area contributed by atoms with E-state index >= 15 is 0 Å². The lowest BCUT2D eigenvalue weighted by Gasteiger charge is -2.23. The Labute approximate surface area is 228 Å². The number of benzene rings is 3. The maximum Gasteiger partial charge on any atom is 0.296 e. The van der Waals surface area contributed by atoms with Crippen LogP contribution >= 0.6 is 23.1 Å². The Kier molecular flexibility index (Phi) is 6.45. The molecule has 0 saturated carbocycles. The lowest BCUT2D eigenvalue weighted by Crippen LogP contribution is -2.31. The lowest BCUT2D eigenvalue weighted by atomic mass is 9.95. The largest absolute Gasteiger partial charge is 0.503 e. The van der Waals surface area contributed by atoms with E-state index in [2.05, 4.69) is 10.2 Å². The van der Waals surface area contributed by atoms with Crippen molar-refractivity contribution in [2.75, 3.05) is 4.90 Å². The molecule has 0 spiro atoms. The van der Waals surface area contributed by atoms with Gasteiger partial charge >= 0.3 is 0 Å². The number of fused-ring (bicyclic) bond motifs is 1. The predicted octanol–water partition coefficient (Wildman–Crippen LogP) is 6.64. The Bertz CT molecular complexity index is 1730. The minimum Gasteiger partial charge on any atom is -0.503 e. The summed E-state index contributed by atoms with van der Waals surface area (Å²) < 4.78 is 34.0. The maximum atomic E-state index is 14.0.